The minimum Gasteiger partial charge on any atom is -0.493 e. The predicted molar refractivity (Wildman–Crippen MR) is 172 cm³/mol. The van der Waals surface area contributed by atoms with E-state index < -0.39 is 0 Å². The number of hydrogen-bond acceptors (Lipinski definition) is 7. The first-order valence-corrected chi connectivity index (χ1v) is 14.9. The Morgan fingerprint density at radius 2 is 1.72 bits per heavy atom. The molecular formula is C35H30N6OS. The van der Waals surface area contributed by atoms with Gasteiger partial charge in [-0.3, -0.25) is 0 Å². The summed E-state index contributed by atoms with van der Waals surface area (Å²) in [4.78, 5) is 15.5. The first-order valence-electron chi connectivity index (χ1n) is 14.1. The SMILES string of the molecule is Cc1cn(CCCOc2cccc(Nc3nccc(-c4sc(C)c(C#N)c4-c4cccc(-c5ccccc5)c4)n3)c2)cn1. The fraction of sp³-hybridized carbons (Fsp3) is 0.143. The van der Waals surface area contributed by atoms with Crippen molar-refractivity contribution in [1.82, 2.24) is 19.5 Å². The van der Waals surface area contributed by atoms with E-state index in [2.05, 4.69) is 56.3 Å². The highest BCUT2D eigenvalue weighted by Gasteiger charge is 2.20. The monoisotopic (exact) mass is 582 g/mol. The Morgan fingerprint density at radius 1 is 0.907 bits per heavy atom. The van der Waals surface area contributed by atoms with E-state index in [4.69, 9.17) is 9.72 Å². The number of rotatable bonds is 10. The van der Waals surface area contributed by atoms with Crippen LogP contribution in [0, 0.1) is 25.2 Å². The molecule has 0 aliphatic heterocycles. The van der Waals surface area contributed by atoms with Crippen LogP contribution in [-0.4, -0.2) is 26.1 Å². The fourth-order valence-corrected chi connectivity index (χ4v) is 6.09. The summed E-state index contributed by atoms with van der Waals surface area (Å²) >= 11 is 1.58. The van der Waals surface area contributed by atoms with Gasteiger partial charge in [0.25, 0.3) is 0 Å². The van der Waals surface area contributed by atoms with Crippen LogP contribution in [0.25, 0.3) is 32.8 Å². The van der Waals surface area contributed by atoms with Crippen molar-refractivity contribution in [1.29, 1.82) is 5.26 Å². The number of ether oxygens (including phenoxy) is 1. The van der Waals surface area contributed by atoms with Gasteiger partial charge in [-0.15, -0.1) is 11.3 Å². The summed E-state index contributed by atoms with van der Waals surface area (Å²) in [7, 11) is 0. The van der Waals surface area contributed by atoms with Gasteiger partial charge in [0, 0.05) is 41.1 Å². The molecule has 0 atom stereocenters. The van der Waals surface area contributed by atoms with E-state index in [-0.39, 0.29) is 0 Å². The van der Waals surface area contributed by atoms with Crippen molar-refractivity contribution in [3.8, 4) is 44.6 Å². The van der Waals surface area contributed by atoms with Crippen LogP contribution in [-0.2, 0) is 6.54 Å². The Morgan fingerprint density at radius 3 is 2.53 bits per heavy atom. The van der Waals surface area contributed by atoms with Crippen molar-refractivity contribution >= 4 is 23.0 Å². The van der Waals surface area contributed by atoms with Crippen molar-refractivity contribution in [3.63, 3.8) is 0 Å². The highest BCUT2D eigenvalue weighted by Crippen LogP contribution is 2.43. The molecule has 0 fully saturated rings. The van der Waals surface area contributed by atoms with Crippen LogP contribution in [0.3, 0.4) is 0 Å². The average molecular weight is 583 g/mol. The van der Waals surface area contributed by atoms with Crippen molar-refractivity contribution in [2.45, 2.75) is 26.8 Å². The molecule has 0 radical (unpaired) electrons. The van der Waals surface area contributed by atoms with Crippen LogP contribution < -0.4 is 10.1 Å². The highest BCUT2D eigenvalue weighted by atomic mass is 32.1. The smallest absolute Gasteiger partial charge is 0.227 e. The van der Waals surface area contributed by atoms with E-state index in [1.165, 1.54) is 0 Å². The number of nitrogens with one attached hydrogen (secondary N) is 1. The van der Waals surface area contributed by atoms with Crippen molar-refractivity contribution in [2.24, 2.45) is 0 Å². The molecule has 3 heterocycles. The molecule has 3 aromatic heterocycles. The average Bonchev–Trinajstić information content (AvgIpc) is 3.62. The number of nitrogens with zero attached hydrogens (tertiary/aromatic N) is 5. The lowest BCUT2D eigenvalue weighted by atomic mass is 9.96. The topological polar surface area (TPSA) is 88.6 Å². The quantitative estimate of drug-likeness (QED) is 0.163. The van der Waals surface area contributed by atoms with Crippen molar-refractivity contribution in [3.05, 3.63) is 120 Å². The molecule has 0 spiro atoms. The van der Waals surface area contributed by atoms with Gasteiger partial charge in [-0.25, -0.2) is 15.0 Å². The Bertz CT molecular complexity index is 1900. The lowest BCUT2D eigenvalue weighted by molar-refractivity contribution is 0.302. The molecule has 6 rings (SSSR count). The lowest BCUT2D eigenvalue weighted by Crippen LogP contribution is -2.03. The summed E-state index contributed by atoms with van der Waals surface area (Å²) in [5.41, 5.74) is 7.38. The van der Waals surface area contributed by atoms with E-state index in [0.717, 1.165) is 67.8 Å². The minimum absolute atomic E-state index is 0.471. The first kappa shape index (κ1) is 27.9. The van der Waals surface area contributed by atoms with Gasteiger partial charge in [0.1, 0.15) is 11.8 Å². The summed E-state index contributed by atoms with van der Waals surface area (Å²) in [5.74, 6) is 1.25. The van der Waals surface area contributed by atoms with Crippen molar-refractivity contribution < 1.29 is 4.74 Å². The number of nitriles is 1. The molecule has 0 bridgehead atoms. The summed E-state index contributed by atoms with van der Waals surface area (Å²) in [5, 5.41) is 13.4. The summed E-state index contributed by atoms with van der Waals surface area (Å²) in [6.45, 7) is 5.42. The molecule has 6 aromatic rings. The standard InChI is InChI=1S/C35H30N6OS/c1-24-22-41(23-38-24)17-8-18-42-30-14-7-13-29(20-30)39-35-37-16-15-32(40-35)34-33(31(21-36)25(2)43-34)28-12-6-11-27(19-28)26-9-4-3-5-10-26/h3-7,9-16,19-20,22-23H,8,17-18H2,1-2H3,(H,37,39,40). The second-order valence-electron chi connectivity index (χ2n) is 10.2. The van der Waals surface area contributed by atoms with Gasteiger partial charge < -0.3 is 14.6 Å². The number of imidazole rings is 1. The van der Waals surface area contributed by atoms with E-state index in [1.807, 2.05) is 81.0 Å². The first-order chi connectivity index (χ1) is 21.1. The van der Waals surface area contributed by atoms with Crippen LogP contribution in [0.2, 0.25) is 0 Å². The maximum absolute atomic E-state index is 10.1. The highest BCUT2D eigenvalue weighted by molar-refractivity contribution is 7.16. The van der Waals surface area contributed by atoms with Gasteiger partial charge in [0.2, 0.25) is 5.95 Å². The molecule has 0 unspecified atom stereocenters. The minimum atomic E-state index is 0.471. The third kappa shape index (κ3) is 6.48. The molecule has 43 heavy (non-hydrogen) atoms. The molecule has 0 saturated carbocycles. The van der Waals surface area contributed by atoms with Gasteiger partial charge in [0.15, 0.2) is 0 Å². The maximum Gasteiger partial charge on any atom is 0.227 e. The molecule has 212 valence electrons. The second kappa shape index (κ2) is 12.7. The largest absolute Gasteiger partial charge is 0.493 e. The third-order valence-electron chi connectivity index (χ3n) is 7.02. The van der Waals surface area contributed by atoms with Crippen molar-refractivity contribution in [2.75, 3.05) is 11.9 Å². The van der Waals surface area contributed by atoms with E-state index >= 15 is 0 Å². The van der Waals surface area contributed by atoms with Gasteiger partial charge in [0.05, 0.1) is 34.8 Å². The Labute approximate surface area is 255 Å². The van der Waals surface area contributed by atoms with E-state index in [9.17, 15) is 5.26 Å². The fourth-order valence-electron chi connectivity index (χ4n) is 4.99. The zero-order chi connectivity index (χ0) is 29.6. The third-order valence-corrected chi connectivity index (χ3v) is 8.15. The summed E-state index contributed by atoms with van der Waals surface area (Å²) in [6, 6.07) is 30.7. The van der Waals surface area contributed by atoms with Gasteiger partial charge in [-0.2, -0.15) is 5.26 Å². The van der Waals surface area contributed by atoms with Crippen LogP contribution in [0.15, 0.2) is 104 Å². The number of hydrogen-bond donors (Lipinski definition) is 1. The molecular weight excluding hydrogens is 552 g/mol. The molecule has 0 saturated heterocycles. The van der Waals surface area contributed by atoms with E-state index in [1.54, 1.807) is 17.5 Å². The number of thiophene rings is 1. The number of anilines is 2. The van der Waals surface area contributed by atoms with Gasteiger partial charge in [-0.1, -0.05) is 54.6 Å². The normalized spacial score (nSPS) is 10.8. The Hall–Kier alpha value is -5.26. The summed E-state index contributed by atoms with van der Waals surface area (Å²) in [6.07, 6.45) is 6.49. The molecule has 1 N–H and O–H groups in total. The van der Waals surface area contributed by atoms with Crippen LogP contribution in [0.1, 0.15) is 22.6 Å². The molecule has 8 heteroatoms. The molecule has 3 aromatic carbocycles. The van der Waals surface area contributed by atoms with Crippen LogP contribution in [0.4, 0.5) is 11.6 Å². The zero-order valence-corrected chi connectivity index (χ0v) is 24.8. The summed E-state index contributed by atoms with van der Waals surface area (Å²) < 4.78 is 8.07. The maximum atomic E-state index is 10.1. The van der Waals surface area contributed by atoms with Gasteiger partial charge in [-0.05, 0) is 61.2 Å². The van der Waals surface area contributed by atoms with Gasteiger partial charge >= 0.3 is 0 Å². The zero-order valence-electron chi connectivity index (χ0n) is 24.0. The number of benzene rings is 3. The molecule has 0 amide bonds. The predicted octanol–water partition coefficient (Wildman–Crippen LogP) is 8.44. The van der Waals surface area contributed by atoms with E-state index in [0.29, 0.717) is 18.1 Å². The Kier molecular flexibility index (Phi) is 8.25. The van der Waals surface area contributed by atoms with Crippen LogP contribution in [0.5, 0.6) is 5.75 Å². The molecule has 0 aliphatic rings. The second-order valence-corrected chi connectivity index (χ2v) is 11.4. The molecule has 0 aliphatic carbocycles. The number of aryl methyl sites for hydroxylation is 3. The number of aromatic nitrogens is 4. The Balaban J connectivity index is 1.22. The lowest BCUT2D eigenvalue weighted by Gasteiger charge is -2.11. The van der Waals surface area contributed by atoms with Crippen LogP contribution >= 0.6 is 11.3 Å². The molecule has 7 nitrogen and oxygen atoms in total.